The summed E-state index contributed by atoms with van der Waals surface area (Å²) in [5.41, 5.74) is -0.999. The van der Waals surface area contributed by atoms with Crippen LogP contribution in [0.25, 0.3) is 0 Å². The van der Waals surface area contributed by atoms with Gasteiger partial charge >= 0.3 is 6.18 Å². The lowest BCUT2D eigenvalue weighted by Gasteiger charge is -2.11. The van der Waals surface area contributed by atoms with Gasteiger partial charge in [0.1, 0.15) is 5.03 Å². The van der Waals surface area contributed by atoms with Crippen molar-refractivity contribution in [3.8, 4) is 0 Å². The minimum absolute atomic E-state index is 0.0696. The second-order valence-corrected chi connectivity index (χ2v) is 6.03. The molecular weight excluding hydrogens is 358 g/mol. The SMILES string of the molecule is CCNc1nc(Sc2ccc(Cl)c(Cl)c2)cc(C(F)(F)F)n1. The van der Waals surface area contributed by atoms with Crippen LogP contribution in [-0.4, -0.2) is 16.5 Å². The van der Waals surface area contributed by atoms with Gasteiger partial charge in [0.15, 0.2) is 5.69 Å². The first-order valence-electron chi connectivity index (χ1n) is 6.12. The van der Waals surface area contributed by atoms with E-state index < -0.39 is 11.9 Å². The van der Waals surface area contributed by atoms with Crippen LogP contribution in [0, 0.1) is 0 Å². The first kappa shape index (κ1) is 17.2. The molecule has 0 aliphatic carbocycles. The average Bonchev–Trinajstić information content (AvgIpc) is 2.42. The zero-order chi connectivity index (χ0) is 16.3. The van der Waals surface area contributed by atoms with Gasteiger partial charge < -0.3 is 5.32 Å². The Morgan fingerprint density at radius 1 is 1.14 bits per heavy atom. The normalized spacial score (nSPS) is 11.5. The number of rotatable bonds is 4. The molecule has 2 aromatic rings. The number of alkyl halides is 3. The third-order valence-electron chi connectivity index (χ3n) is 2.44. The summed E-state index contributed by atoms with van der Waals surface area (Å²) in [5, 5.41) is 3.54. The van der Waals surface area contributed by atoms with Gasteiger partial charge in [-0.3, -0.25) is 0 Å². The van der Waals surface area contributed by atoms with Crippen LogP contribution < -0.4 is 5.32 Å². The lowest BCUT2D eigenvalue weighted by molar-refractivity contribution is -0.141. The largest absolute Gasteiger partial charge is 0.433 e. The first-order chi connectivity index (χ1) is 10.3. The Morgan fingerprint density at radius 3 is 2.45 bits per heavy atom. The number of halogens is 5. The van der Waals surface area contributed by atoms with Crippen molar-refractivity contribution >= 4 is 40.9 Å². The highest BCUT2D eigenvalue weighted by atomic mass is 35.5. The lowest BCUT2D eigenvalue weighted by Crippen LogP contribution is -2.12. The molecule has 9 heteroatoms. The molecule has 3 nitrogen and oxygen atoms in total. The minimum Gasteiger partial charge on any atom is -0.354 e. The molecular formula is C13H10Cl2F3N3S. The van der Waals surface area contributed by atoms with Gasteiger partial charge in [-0.05, 0) is 25.1 Å². The Labute approximate surface area is 139 Å². The van der Waals surface area contributed by atoms with E-state index in [1.807, 2.05) is 0 Å². The van der Waals surface area contributed by atoms with Crippen molar-refractivity contribution < 1.29 is 13.2 Å². The molecule has 0 atom stereocenters. The van der Waals surface area contributed by atoms with Crippen molar-refractivity contribution in [2.45, 2.75) is 23.0 Å². The Bertz CT molecular complexity index is 680. The topological polar surface area (TPSA) is 37.8 Å². The maximum absolute atomic E-state index is 12.9. The Kier molecular flexibility index (Phi) is 5.41. The molecule has 2 rings (SSSR count). The predicted molar refractivity (Wildman–Crippen MR) is 81.8 cm³/mol. The van der Waals surface area contributed by atoms with E-state index in [9.17, 15) is 13.2 Å². The number of benzene rings is 1. The van der Waals surface area contributed by atoms with Gasteiger partial charge in [-0.1, -0.05) is 35.0 Å². The van der Waals surface area contributed by atoms with E-state index in [1.165, 1.54) is 0 Å². The predicted octanol–water partition coefficient (Wildman–Crippen LogP) is 5.39. The fourth-order valence-corrected chi connectivity index (χ4v) is 2.74. The monoisotopic (exact) mass is 367 g/mol. The molecule has 1 heterocycles. The second kappa shape index (κ2) is 6.93. The van der Waals surface area contributed by atoms with E-state index in [4.69, 9.17) is 23.2 Å². The number of aromatic nitrogens is 2. The molecule has 1 N–H and O–H groups in total. The number of anilines is 1. The van der Waals surface area contributed by atoms with Crippen molar-refractivity contribution in [1.82, 2.24) is 9.97 Å². The van der Waals surface area contributed by atoms with Gasteiger partial charge in [0.05, 0.1) is 10.0 Å². The summed E-state index contributed by atoms with van der Waals surface area (Å²) in [6.45, 7) is 2.16. The summed E-state index contributed by atoms with van der Waals surface area (Å²) in [7, 11) is 0. The second-order valence-electron chi connectivity index (χ2n) is 4.12. The maximum Gasteiger partial charge on any atom is 0.433 e. The summed E-state index contributed by atoms with van der Waals surface area (Å²) in [6.07, 6.45) is -4.54. The highest BCUT2D eigenvalue weighted by molar-refractivity contribution is 7.99. The van der Waals surface area contributed by atoms with Gasteiger partial charge in [0.25, 0.3) is 0 Å². The molecule has 0 spiro atoms. The smallest absolute Gasteiger partial charge is 0.354 e. The summed E-state index contributed by atoms with van der Waals surface area (Å²) in [5.74, 6) is -0.0696. The van der Waals surface area contributed by atoms with Crippen molar-refractivity contribution in [1.29, 1.82) is 0 Å². The summed E-state index contributed by atoms with van der Waals surface area (Å²) in [6, 6.07) is 5.69. The lowest BCUT2D eigenvalue weighted by atomic mass is 10.4. The standard InChI is InChI=1S/C13H10Cl2F3N3S/c1-2-19-12-20-10(13(16,17)18)6-11(21-12)22-7-3-4-8(14)9(15)5-7/h3-6H,2H2,1H3,(H,19,20,21). The third kappa shape index (κ3) is 4.41. The Hall–Kier alpha value is -1.18. The molecule has 0 bridgehead atoms. The molecule has 1 aromatic heterocycles. The van der Waals surface area contributed by atoms with E-state index in [1.54, 1.807) is 25.1 Å². The molecule has 1 aromatic carbocycles. The zero-order valence-corrected chi connectivity index (χ0v) is 13.5. The van der Waals surface area contributed by atoms with Crippen LogP contribution in [-0.2, 0) is 6.18 Å². The molecule has 0 radical (unpaired) electrons. The van der Waals surface area contributed by atoms with Gasteiger partial charge in [-0.25, -0.2) is 9.97 Å². The number of nitrogens with zero attached hydrogens (tertiary/aromatic N) is 2. The van der Waals surface area contributed by atoms with E-state index in [-0.39, 0.29) is 11.0 Å². The number of hydrogen-bond acceptors (Lipinski definition) is 4. The van der Waals surface area contributed by atoms with Crippen LogP contribution >= 0.6 is 35.0 Å². The van der Waals surface area contributed by atoms with Gasteiger partial charge in [0, 0.05) is 17.5 Å². The molecule has 118 valence electrons. The van der Waals surface area contributed by atoms with Gasteiger partial charge in [0.2, 0.25) is 5.95 Å². The van der Waals surface area contributed by atoms with Crippen molar-refractivity contribution in [2.24, 2.45) is 0 Å². The van der Waals surface area contributed by atoms with Crippen molar-refractivity contribution in [3.05, 3.63) is 40.0 Å². The molecule has 0 aliphatic heterocycles. The highest BCUT2D eigenvalue weighted by Crippen LogP contribution is 2.35. The third-order valence-corrected chi connectivity index (χ3v) is 4.09. The van der Waals surface area contributed by atoms with Crippen molar-refractivity contribution in [2.75, 3.05) is 11.9 Å². The molecule has 22 heavy (non-hydrogen) atoms. The molecule has 0 saturated carbocycles. The minimum atomic E-state index is -4.54. The van der Waals surface area contributed by atoms with E-state index in [0.29, 0.717) is 21.5 Å². The molecule has 0 saturated heterocycles. The van der Waals surface area contributed by atoms with E-state index in [0.717, 1.165) is 17.8 Å². The van der Waals surface area contributed by atoms with Crippen LogP contribution in [0.2, 0.25) is 10.0 Å². The molecule has 0 aliphatic rings. The Morgan fingerprint density at radius 2 is 1.86 bits per heavy atom. The van der Waals surface area contributed by atoms with Crippen LogP contribution in [0.3, 0.4) is 0 Å². The van der Waals surface area contributed by atoms with Crippen LogP contribution in [0.15, 0.2) is 34.2 Å². The number of hydrogen-bond donors (Lipinski definition) is 1. The summed E-state index contributed by atoms with van der Waals surface area (Å²) in [4.78, 5) is 8.14. The molecule has 0 unspecified atom stereocenters. The molecule has 0 fully saturated rings. The molecule has 0 amide bonds. The van der Waals surface area contributed by atoms with E-state index in [2.05, 4.69) is 15.3 Å². The van der Waals surface area contributed by atoms with Crippen molar-refractivity contribution in [3.63, 3.8) is 0 Å². The van der Waals surface area contributed by atoms with Gasteiger partial charge in [-0.15, -0.1) is 0 Å². The van der Waals surface area contributed by atoms with Crippen LogP contribution in [0.5, 0.6) is 0 Å². The van der Waals surface area contributed by atoms with Crippen LogP contribution in [0.4, 0.5) is 19.1 Å². The fourth-order valence-electron chi connectivity index (χ4n) is 1.52. The fraction of sp³-hybridized carbons (Fsp3) is 0.231. The summed E-state index contributed by atoms with van der Waals surface area (Å²) < 4.78 is 38.6. The Balaban J connectivity index is 2.36. The zero-order valence-electron chi connectivity index (χ0n) is 11.2. The van der Waals surface area contributed by atoms with Crippen LogP contribution in [0.1, 0.15) is 12.6 Å². The quantitative estimate of drug-likeness (QED) is 0.735. The first-order valence-corrected chi connectivity index (χ1v) is 7.70. The van der Waals surface area contributed by atoms with Gasteiger partial charge in [-0.2, -0.15) is 13.2 Å². The summed E-state index contributed by atoms with van der Waals surface area (Å²) >= 11 is 12.8. The maximum atomic E-state index is 12.9. The number of nitrogens with one attached hydrogen (secondary N) is 1. The average molecular weight is 368 g/mol. The van der Waals surface area contributed by atoms with E-state index >= 15 is 0 Å². The highest BCUT2D eigenvalue weighted by Gasteiger charge is 2.33.